The van der Waals surface area contributed by atoms with Crippen molar-refractivity contribution in [2.45, 2.75) is 22.9 Å². The van der Waals surface area contributed by atoms with Crippen LogP contribution in [0.3, 0.4) is 0 Å². The van der Waals surface area contributed by atoms with Crippen molar-refractivity contribution in [2.75, 3.05) is 0 Å². The van der Waals surface area contributed by atoms with Gasteiger partial charge in [0, 0.05) is 15.6 Å². The van der Waals surface area contributed by atoms with Gasteiger partial charge in [0.05, 0.1) is 6.10 Å². The highest BCUT2D eigenvalue weighted by Crippen LogP contribution is 2.28. The van der Waals surface area contributed by atoms with Crippen molar-refractivity contribution in [3.63, 3.8) is 0 Å². The summed E-state index contributed by atoms with van der Waals surface area (Å²) in [6.07, 6.45) is 1.27. The minimum Gasteiger partial charge on any atom is -0.389 e. The van der Waals surface area contributed by atoms with Crippen molar-refractivity contribution in [3.8, 4) is 0 Å². The molecule has 0 saturated carbocycles. The van der Waals surface area contributed by atoms with E-state index in [2.05, 4.69) is 20.9 Å². The average Bonchev–Trinajstić information content (AvgIpc) is 2.32. The Bertz CT molecular complexity index is 499. The number of rotatable bonds is 3. The number of aliphatic hydroxyl groups is 1. The molecule has 17 heavy (non-hydrogen) atoms. The van der Waals surface area contributed by atoms with E-state index < -0.39 is 6.10 Å². The lowest BCUT2D eigenvalue weighted by Gasteiger charge is -2.06. The highest BCUT2D eigenvalue weighted by Gasteiger charge is 2.04. The zero-order chi connectivity index (χ0) is 12.3. The monoisotopic (exact) mass is 309 g/mol. The van der Waals surface area contributed by atoms with Crippen LogP contribution >= 0.6 is 27.7 Å². The van der Waals surface area contributed by atoms with Crippen LogP contribution in [0.25, 0.3) is 0 Å². The zero-order valence-corrected chi connectivity index (χ0v) is 11.7. The molecule has 0 unspecified atom stereocenters. The molecular formula is C13H12BrNOS. The maximum atomic E-state index is 9.51. The van der Waals surface area contributed by atoms with Crippen molar-refractivity contribution in [1.29, 1.82) is 0 Å². The summed E-state index contributed by atoms with van der Waals surface area (Å²) in [4.78, 5) is 5.41. The van der Waals surface area contributed by atoms with Crippen LogP contribution in [0.2, 0.25) is 0 Å². The predicted molar refractivity (Wildman–Crippen MR) is 73.1 cm³/mol. The summed E-state index contributed by atoms with van der Waals surface area (Å²) in [6.45, 7) is 1.75. The topological polar surface area (TPSA) is 33.1 Å². The van der Waals surface area contributed by atoms with E-state index in [9.17, 15) is 5.11 Å². The van der Waals surface area contributed by atoms with Gasteiger partial charge in [0.1, 0.15) is 5.03 Å². The van der Waals surface area contributed by atoms with Crippen LogP contribution in [0.5, 0.6) is 0 Å². The molecule has 1 aromatic heterocycles. The summed E-state index contributed by atoms with van der Waals surface area (Å²) in [5, 5.41) is 10.4. The zero-order valence-electron chi connectivity index (χ0n) is 9.30. The van der Waals surface area contributed by atoms with Crippen LogP contribution in [0, 0.1) is 0 Å². The SMILES string of the molecule is C[C@@H](O)c1ccnc(Sc2ccc(Br)cc2)c1. The van der Waals surface area contributed by atoms with E-state index in [1.165, 1.54) is 0 Å². The maximum absolute atomic E-state index is 9.51. The van der Waals surface area contributed by atoms with Crippen LogP contribution in [-0.4, -0.2) is 10.1 Å². The average molecular weight is 310 g/mol. The minimum absolute atomic E-state index is 0.456. The molecular weight excluding hydrogens is 298 g/mol. The van der Waals surface area contributed by atoms with Crippen molar-refractivity contribution in [2.24, 2.45) is 0 Å². The first-order valence-electron chi connectivity index (χ1n) is 5.22. The van der Waals surface area contributed by atoms with Gasteiger partial charge in [-0.15, -0.1) is 0 Å². The van der Waals surface area contributed by atoms with Gasteiger partial charge >= 0.3 is 0 Å². The Kier molecular flexibility index (Phi) is 4.20. The molecule has 0 radical (unpaired) electrons. The molecule has 0 bridgehead atoms. The second-order valence-corrected chi connectivity index (χ2v) is 5.67. The lowest BCUT2D eigenvalue weighted by atomic mass is 10.2. The summed E-state index contributed by atoms with van der Waals surface area (Å²) in [7, 11) is 0. The van der Waals surface area contributed by atoms with Gasteiger partial charge in [0.2, 0.25) is 0 Å². The highest BCUT2D eigenvalue weighted by atomic mass is 79.9. The first-order chi connectivity index (χ1) is 8.15. The fourth-order valence-electron chi connectivity index (χ4n) is 1.36. The molecule has 0 amide bonds. The fraction of sp³-hybridized carbons (Fsp3) is 0.154. The third-order valence-corrected chi connectivity index (χ3v) is 3.75. The number of halogens is 1. The molecule has 1 aromatic carbocycles. The summed E-state index contributed by atoms with van der Waals surface area (Å²) >= 11 is 4.99. The number of aromatic nitrogens is 1. The third kappa shape index (κ3) is 3.56. The molecule has 0 aliphatic carbocycles. The van der Waals surface area contributed by atoms with Gasteiger partial charge in [-0.25, -0.2) is 4.98 Å². The molecule has 0 spiro atoms. The third-order valence-electron chi connectivity index (χ3n) is 2.28. The molecule has 2 nitrogen and oxygen atoms in total. The van der Waals surface area contributed by atoms with Crippen LogP contribution in [-0.2, 0) is 0 Å². The Labute approximate surface area is 113 Å². The Hall–Kier alpha value is -0.840. The Morgan fingerprint density at radius 2 is 1.94 bits per heavy atom. The van der Waals surface area contributed by atoms with Gasteiger partial charge in [0.25, 0.3) is 0 Å². The molecule has 1 heterocycles. The van der Waals surface area contributed by atoms with Crippen LogP contribution in [0.15, 0.2) is 57.0 Å². The lowest BCUT2D eigenvalue weighted by Crippen LogP contribution is -1.92. The smallest absolute Gasteiger partial charge is 0.101 e. The Morgan fingerprint density at radius 3 is 2.59 bits per heavy atom. The van der Waals surface area contributed by atoms with Crippen molar-refractivity contribution in [1.82, 2.24) is 4.98 Å². The molecule has 0 aliphatic heterocycles. The van der Waals surface area contributed by atoms with E-state index in [1.807, 2.05) is 36.4 Å². The largest absolute Gasteiger partial charge is 0.389 e. The van der Waals surface area contributed by atoms with Gasteiger partial charge in [-0.05, 0) is 48.9 Å². The lowest BCUT2D eigenvalue weighted by molar-refractivity contribution is 0.199. The minimum atomic E-state index is -0.456. The second-order valence-electron chi connectivity index (χ2n) is 3.66. The molecule has 2 aromatic rings. The summed E-state index contributed by atoms with van der Waals surface area (Å²) in [5.41, 5.74) is 0.889. The molecule has 4 heteroatoms. The number of nitrogens with zero attached hydrogens (tertiary/aromatic N) is 1. The molecule has 1 atom stereocenters. The molecule has 88 valence electrons. The quantitative estimate of drug-likeness (QED) is 0.928. The van der Waals surface area contributed by atoms with E-state index in [-0.39, 0.29) is 0 Å². The van der Waals surface area contributed by atoms with E-state index in [4.69, 9.17) is 0 Å². The molecule has 0 saturated heterocycles. The first kappa shape index (κ1) is 12.6. The van der Waals surface area contributed by atoms with Gasteiger partial charge in [-0.1, -0.05) is 27.7 Å². The van der Waals surface area contributed by atoms with Crippen molar-refractivity contribution in [3.05, 3.63) is 52.6 Å². The molecule has 1 N–H and O–H groups in total. The number of hydrogen-bond donors (Lipinski definition) is 1. The first-order valence-corrected chi connectivity index (χ1v) is 6.83. The van der Waals surface area contributed by atoms with Gasteiger partial charge < -0.3 is 5.11 Å². The van der Waals surface area contributed by atoms with Gasteiger partial charge in [-0.3, -0.25) is 0 Å². The van der Waals surface area contributed by atoms with Crippen molar-refractivity contribution >= 4 is 27.7 Å². The molecule has 0 aliphatic rings. The van der Waals surface area contributed by atoms with E-state index in [0.717, 1.165) is 20.0 Å². The predicted octanol–water partition coefficient (Wildman–Crippen LogP) is 4.05. The normalized spacial score (nSPS) is 12.4. The molecule has 2 rings (SSSR count). The van der Waals surface area contributed by atoms with Crippen LogP contribution < -0.4 is 0 Å². The van der Waals surface area contributed by atoms with E-state index in [1.54, 1.807) is 24.9 Å². The second kappa shape index (κ2) is 5.67. The van der Waals surface area contributed by atoms with E-state index in [0.29, 0.717) is 0 Å². The standard InChI is InChI=1S/C13H12BrNOS/c1-9(16)10-6-7-15-13(8-10)17-12-4-2-11(14)3-5-12/h2-9,16H,1H3/t9-/m1/s1. The molecule has 0 fully saturated rings. The number of benzene rings is 1. The van der Waals surface area contributed by atoms with E-state index >= 15 is 0 Å². The summed E-state index contributed by atoms with van der Waals surface area (Å²) < 4.78 is 1.06. The summed E-state index contributed by atoms with van der Waals surface area (Å²) in [5.74, 6) is 0. The number of pyridine rings is 1. The maximum Gasteiger partial charge on any atom is 0.101 e. The Balaban J connectivity index is 2.18. The van der Waals surface area contributed by atoms with Gasteiger partial charge in [-0.2, -0.15) is 0 Å². The van der Waals surface area contributed by atoms with Crippen LogP contribution in [0.4, 0.5) is 0 Å². The number of aliphatic hydroxyl groups excluding tert-OH is 1. The fourth-order valence-corrected chi connectivity index (χ4v) is 2.45. The van der Waals surface area contributed by atoms with Crippen molar-refractivity contribution < 1.29 is 5.11 Å². The van der Waals surface area contributed by atoms with Gasteiger partial charge in [0.15, 0.2) is 0 Å². The van der Waals surface area contributed by atoms with Crippen LogP contribution in [0.1, 0.15) is 18.6 Å². The highest BCUT2D eigenvalue weighted by molar-refractivity contribution is 9.10. The summed E-state index contributed by atoms with van der Waals surface area (Å²) in [6, 6.07) is 11.8. The number of hydrogen-bond acceptors (Lipinski definition) is 3. The Morgan fingerprint density at radius 1 is 1.24 bits per heavy atom.